The zero-order chi connectivity index (χ0) is 16.1. The fraction of sp³-hybridized carbons (Fsp3) is 1.00. The second kappa shape index (κ2) is 5.57. The maximum atomic E-state index is 2.94. The molecule has 0 aromatic heterocycles. The van der Waals surface area contributed by atoms with Crippen LogP contribution in [-0.2, 0) is 17.6 Å². The van der Waals surface area contributed by atoms with Gasteiger partial charge in [0.2, 0.25) is 0 Å². The fourth-order valence-corrected chi connectivity index (χ4v) is 9.83. The Hall–Kier alpha value is 0.543. The molecule has 3 heteroatoms. The summed E-state index contributed by atoms with van der Waals surface area (Å²) >= 11 is -0.882. The predicted octanol–water partition coefficient (Wildman–Crippen LogP) is 4.70. The van der Waals surface area contributed by atoms with E-state index in [9.17, 15) is 0 Å². The average molecular weight is 346 g/mol. The Bertz CT molecular complexity index is 349. The Morgan fingerprint density at radius 2 is 0.952 bits per heavy atom. The first-order chi connectivity index (χ1) is 9.42. The van der Waals surface area contributed by atoms with E-state index < -0.39 is 17.6 Å². The van der Waals surface area contributed by atoms with Crippen molar-refractivity contribution in [3.63, 3.8) is 0 Å². The Morgan fingerprint density at radius 3 is 1.29 bits per heavy atom. The quantitative estimate of drug-likeness (QED) is 0.669. The van der Waals surface area contributed by atoms with Crippen LogP contribution in [0.3, 0.4) is 0 Å². The molecule has 2 fully saturated rings. The van der Waals surface area contributed by atoms with Gasteiger partial charge in [0, 0.05) is 0 Å². The summed E-state index contributed by atoms with van der Waals surface area (Å²) in [4.78, 5) is 0. The van der Waals surface area contributed by atoms with E-state index in [4.69, 9.17) is 0 Å². The molecule has 120 valence electrons. The summed E-state index contributed by atoms with van der Waals surface area (Å²) in [5.41, 5.74) is 1.63. The summed E-state index contributed by atoms with van der Waals surface area (Å²) in [7, 11) is 0. The first kappa shape index (κ1) is 17.9. The van der Waals surface area contributed by atoms with Crippen LogP contribution in [0.2, 0.25) is 0 Å². The molecule has 0 spiro atoms. The zero-order valence-electron chi connectivity index (χ0n) is 15.8. The number of hydrogen-bond acceptors (Lipinski definition) is 2. The van der Waals surface area contributed by atoms with E-state index in [-0.39, 0.29) is 0 Å². The number of hydrogen-bond donors (Lipinski definition) is 0. The van der Waals surface area contributed by atoms with Crippen molar-refractivity contribution in [2.75, 3.05) is 13.1 Å². The second-order valence-corrected chi connectivity index (χ2v) is 13.6. The van der Waals surface area contributed by atoms with Gasteiger partial charge in [0.15, 0.2) is 0 Å². The van der Waals surface area contributed by atoms with Crippen molar-refractivity contribution in [1.82, 2.24) is 7.29 Å². The molecule has 2 nitrogen and oxygen atoms in total. The molecule has 0 amide bonds. The van der Waals surface area contributed by atoms with Gasteiger partial charge in [0.1, 0.15) is 0 Å². The van der Waals surface area contributed by atoms with E-state index in [1.807, 2.05) is 0 Å². The summed E-state index contributed by atoms with van der Waals surface area (Å²) in [6.45, 7) is 22.6. The maximum absolute atomic E-state index is 2.94. The number of piperidine rings is 2. The van der Waals surface area contributed by atoms with E-state index in [1.165, 1.54) is 38.8 Å². The Morgan fingerprint density at radius 1 is 0.619 bits per heavy atom. The van der Waals surface area contributed by atoms with Gasteiger partial charge in [-0.15, -0.1) is 0 Å². The first-order valence-corrected chi connectivity index (χ1v) is 11.6. The molecule has 0 aromatic rings. The zero-order valence-corrected chi connectivity index (χ0v) is 18.8. The molecule has 0 aliphatic carbocycles. The molecular formula is C18H36N2Zn. The molecule has 0 atom stereocenters. The Labute approximate surface area is 141 Å². The summed E-state index contributed by atoms with van der Waals surface area (Å²) in [5, 5.41) is 0. The predicted molar refractivity (Wildman–Crippen MR) is 87.6 cm³/mol. The van der Waals surface area contributed by atoms with Crippen LogP contribution in [0, 0.1) is 10.8 Å². The van der Waals surface area contributed by atoms with Crippen LogP contribution in [0.1, 0.15) is 81.1 Å². The van der Waals surface area contributed by atoms with Crippen molar-refractivity contribution < 1.29 is 17.6 Å². The van der Waals surface area contributed by atoms with Crippen LogP contribution in [0.25, 0.3) is 0 Å². The molecule has 21 heavy (non-hydrogen) atoms. The monoisotopic (exact) mass is 344 g/mol. The summed E-state index contributed by atoms with van der Waals surface area (Å²) in [6, 6.07) is 0. The molecular weight excluding hydrogens is 310 g/mol. The standard InChI is InChI=1S/2C9H18N.Zn/c2*1-8(2)6-5-7-10-9(8,3)4;/h2*5-7H2,1-4H3;/q2*-1;+2. The van der Waals surface area contributed by atoms with Gasteiger partial charge in [-0.05, 0) is 0 Å². The summed E-state index contributed by atoms with van der Waals surface area (Å²) < 4.78 is 5.87. The topological polar surface area (TPSA) is 6.48 Å². The summed E-state index contributed by atoms with van der Waals surface area (Å²) in [6.07, 6.45) is 5.54. The van der Waals surface area contributed by atoms with Crippen LogP contribution < -0.4 is 0 Å². The molecule has 0 saturated carbocycles. The third kappa shape index (κ3) is 3.00. The van der Waals surface area contributed by atoms with Crippen molar-refractivity contribution in [2.24, 2.45) is 10.8 Å². The van der Waals surface area contributed by atoms with Crippen LogP contribution in [0.5, 0.6) is 0 Å². The molecule has 2 heterocycles. The molecule has 0 unspecified atom stereocenters. The van der Waals surface area contributed by atoms with Gasteiger partial charge in [-0.25, -0.2) is 0 Å². The third-order valence-electron chi connectivity index (χ3n) is 7.69. The Balaban J connectivity index is 2.17. The van der Waals surface area contributed by atoms with Crippen molar-refractivity contribution in [3.8, 4) is 0 Å². The van der Waals surface area contributed by atoms with Crippen LogP contribution in [0.15, 0.2) is 0 Å². The van der Waals surface area contributed by atoms with Crippen molar-refractivity contribution in [3.05, 3.63) is 0 Å². The normalized spacial score (nSPS) is 31.6. The van der Waals surface area contributed by atoms with Gasteiger partial charge in [-0.2, -0.15) is 0 Å². The van der Waals surface area contributed by atoms with E-state index in [0.29, 0.717) is 21.9 Å². The van der Waals surface area contributed by atoms with Crippen LogP contribution >= 0.6 is 0 Å². The second-order valence-electron chi connectivity index (χ2n) is 9.76. The molecule has 0 bridgehead atoms. The molecule has 2 aliphatic rings. The van der Waals surface area contributed by atoms with Crippen molar-refractivity contribution >= 4 is 0 Å². The first-order valence-electron chi connectivity index (χ1n) is 8.92. The molecule has 0 radical (unpaired) electrons. The van der Waals surface area contributed by atoms with Crippen LogP contribution in [0.4, 0.5) is 0 Å². The number of nitrogens with zero attached hydrogens (tertiary/aromatic N) is 2. The van der Waals surface area contributed by atoms with Crippen LogP contribution in [-0.4, -0.2) is 31.5 Å². The fourth-order valence-electron chi connectivity index (χ4n) is 4.15. The number of rotatable bonds is 2. The average Bonchev–Trinajstić information content (AvgIpc) is 2.31. The van der Waals surface area contributed by atoms with Gasteiger partial charge in [-0.1, -0.05) is 0 Å². The third-order valence-corrected chi connectivity index (χ3v) is 13.8. The minimum atomic E-state index is -0.882. The summed E-state index contributed by atoms with van der Waals surface area (Å²) in [5.74, 6) is 0. The van der Waals surface area contributed by atoms with Gasteiger partial charge in [0.25, 0.3) is 0 Å². The van der Waals surface area contributed by atoms with Gasteiger partial charge in [-0.3, -0.25) is 0 Å². The van der Waals surface area contributed by atoms with E-state index >= 15 is 0 Å². The van der Waals surface area contributed by atoms with Gasteiger partial charge < -0.3 is 0 Å². The van der Waals surface area contributed by atoms with Crippen molar-refractivity contribution in [1.29, 1.82) is 0 Å². The SMILES string of the molecule is CC1(C)CCC[N]([Zn][N]2CCCC(C)(C)C2(C)C)C1(C)C. The minimum absolute atomic E-state index is 0.364. The van der Waals surface area contributed by atoms with E-state index in [0.717, 1.165) is 0 Å². The molecule has 2 aliphatic heterocycles. The van der Waals surface area contributed by atoms with Gasteiger partial charge in [0.05, 0.1) is 0 Å². The Kier molecular flexibility index (Phi) is 4.74. The molecule has 0 N–H and O–H groups in total. The molecule has 0 aromatic carbocycles. The molecule has 2 saturated heterocycles. The van der Waals surface area contributed by atoms with E-state index in [1.54, 1.807) is 0 Å². The van der Waals surface area contributed by atoms with Crippen molar-refractivity contribution in [2.45, 2.75) is 92.2 Å². The van der Waals surface area contributed by atoms with E-state index in [2.05, 4.69) is 62.7 Å². The van der Waals surface area contributed by atoms with Gasteiger partial charge >= 0.3 is 141 Å². The molecule has 2 rings (SSSR count).